The lowest BCUT2D eigenvalue weighted by atomic mass is 10.0. The summed E-state index contributed by atoms with van der Waals surface area (Å²) in [6, 6.07) is 0. The van der Waals surface area contributed by atoms with Crippen LogP contribution in [0.1, 0.15) is 26.7 Å². The first-order valence-electron chi connectivity index (χ1n) is 4.52. The molecule has 3 nitrogen and oxygen atoms in total. The van der Waals surface area contributed by atoms with Gasteiger partial charge in [-0.1, -0.05) is 13.8 Å². The molecule has 74 valence electrons. The third-order valence-electron chi connectivity index (χ3n) is 2.68. The number of imide groups is 1. The third-order valence-corrected chi connectivity index (χ3v) is 4.38. The van der Waals surface area contributed by atoms with Crippen LogP contribution in [0.3, 0.4) is 0 Å². The molecule has 1 aliphatic heterocycles. The topological polar surface area (TPSA) is 37.4 Å². The minimum atomic E-state index is -0.345. The fourth-order valence-electron chi connectivity index (χ4n) is 1.53. The van der Waals surface area contributed by atoms with Crippen LogP contribution in [0.2, 0.25) is 0 Å². The number of carbonyl (C=O) groups excluding carboxylic acids is 2. The van der Waals surface area contributed by atoms with E-state index in [1.165, 1.54) is 16.7 Å². The predicted octanol–water partition coefficient (Wildman–Crippen LogP) is 1.28. The van der Waals surface area contributed by atoms with Gasteiger partial charge in [0.25, 0.3) is 0 Å². The molecule has 0 aliphatic carbocycles. The smallest absolute Gasteiger partial charge is 0.245 e. The van der Waals surface area contributed by atoms with Gasteiger partial charge in [-0.2, -0.15) is 0 Å². The van der Waals surface area contributed by atoms with E-state index >= 15 is 0 Å². The molecule has 2 amide bonds. The molecule has 0 N–H and O–H groups in total. The van der Waals surface area contributed by atoms with Crippen LogP contribution < -0.4 is 0 Å². The summed E-state index contributed by atoms with van der Waals surface area (Å²) in [6.07, 6.45) is 1.59. The average Bonchev–Trinajstić information content (AvgIpc) is 2.16. The molecule has 0 aromatic rings. The zero-order valence-corrected chi connectivity index (χ0v) is 9.11. The van der Waals surface area contributed by atoms with Crippen LogP contribution in [-0.2, 0) is 9.59 Å². The van der Waals surface area contributed by atoms with Gasteiger partial charge in [0, 0.05) is 7.05 Å². The van der Waals surface area contributed by atoms with Crippen molar-refractivity contribution in [3.8, 4) is 0 Å². The molecule has 0 atom stereocenters. The molecule has 1 rings (SSSR count). The highest BCUT2D eigenvalue weighted by atomic mass is 32.2. The Morgan fingerprint density at radius 3 is 2.38 bits per heavy atom. The summed E-state index contributed by atoms with van der Waals surface area (Å²) < 4.78 is -0.345. The molecule has 1 saturated heterocycles. The molecule has 1 aliphatic rings. The van der Waals surface area contributed by atoms with E-state index in [2.05, 4.69) is 0 Å². The monoisotopic (exact) mass is 201 g/mol. The molecule has 4 heteroatoms. The molecule has 0 saturated carbocycles. The summed E-state index contributed by atoms with van der Waals surface area (Å²) in [5.74, 6) is 0.329. The highest BCUT2D eigenvalue weighted by Gasteiger charge is 2.43. The molecule has 0 aromatic heterocycles. The van der Waals surface area contributed by atoms with E-state index in [0.717, 1.165) is 12.8 Å². The Balaban J connectivity index is 2.90. The van der Waals surface area contributed by atoms with Crippen molar-refractivity contribution in [3.05, 3.63) is 0 Å². The van der Waals surface area contributed by atoms with Crippen molar-refractivity contribution in [2.45, 2.75) is 31.4 Å². The van der Waals surface area contributed by atoms with E-state index in [1.807, 2.05) is 13.8 Å². The maximum Gasteiger partial charge on any atom is 0.245 e. The summed E-state index contributed by atoms with van der Waals surface area (Å²) in [4.78, 5) is 24.3. The quantitative estimate of drug-likeness (QED) is 0.631. The minimum absolute atomic E-state index is 0.0289. The van der Waals surface area contributed by atoms with E-state index in [-0.39, 0.29) is 16.6 Å². The summed E-state index contributed by atoms with van der Waals surface area (Å²) >= 11 is 1.49. The zero-order chi connectivity index (χ0) is 10.1. The van der Waals surface area contributed by atoms with Crippen LogP contribution in [0.4, 0.5) is 0 Å². The van der Waals surface area contributed by atoms with Crippen molar-refractivity contribution in [1.29, 1.82) is 0 Å². The molecule has 1 fully saturated rings. The van der Waals surface area contributed by atoms with E-state index in [0.29, 0.717) is 5.75 Å². The molecule has 0 bridgehead atoms. The van der Waals surface area contributed by atoms with Gasteiger partial charge in [0.2, 0.25) is 11.8 Å². The van der Waals surface area contributed by atoms with Crippen molar-refractivity contribution in [3.63, 3.8) is 0 Å². The van der Waals surface area contributed by atoms with Gasteiger partial charge >= 0.3 is 0 Å². The predicted molar refractivity (Wildman–Crippen MR) is 53.5 cm³/mol. The summed E-state index contributed by atoms with van der Waals surface area (Å²) in [7, 11) is 1.57. The number of hydrogen-bond donors (Lipinski definition) is 0. The second-order valence-corrected chi connectivity index (χ2v) is 4.61. The average molecular weight is 201 g/mol. The fraction of sp³-hybridized carbons (Fsp3) is 0.778. The molecule has 1 heterocycles. The Hall–Kier alpha value is -0.510. The normalized spacial score (nSPS) is 22.2. The first-order chi connectivity index (χ1) is 6.07. The number of thioether (sulfide) groups is 1. The van der Waals surface area contributed by atoms with E-state index in [9.17, 15) is 9.59 Å². The van der Waals surface area contributed by atoms with Crippen LogP contribution in [0.15, 0.2) is 0 Å². The number of carbonyl (C=O) groups is 2. The van der Waals surface area contributed by atoms with Crippen molar-refractivity contribution in [1.82, 2.24) is 4.90 Å². The molecular formula is C9H15NO2S. The molecule has 0 radical (unpaired) electrons. The van der Waals surface area contributed by atoms with Gasteiger partial charge in [0.1, 0.15) is 0 Å². The number of amides is 2. The maximum atomic E-state index is 11.8. The molecule has 13 heavy (non-hydrogen) atoms. The Labute approximate surface area is 82.9 Å². The van der Waals surface area contributed by atoms with Gasteiger partial charge in [0.15, 0.2) is 0 Å². The van der Waals surface area contributed by atoms with Gasteiger partial charge in [-0.25, -0.2) is 0 Å². The Bertz CT molecular complexity index is 236. The van der Waals surface area contributed by atoms with Crippen molar-refractivity contribution in [2.24, 2.45) is 0 Å². The Kier molecular flexibility index (Phi) is 3.01. The van der Waals surface area contributed by atoms with Crippen molar-refractivity contribution < 1.29 is 9.59 Å². The SMILES string of the molecule is CCC1(CC)SCC(=O)N(C)C1=O. The highest BCUT2D eigenvalue weighted by molar-refractivity contribution is 8.02. The number of nitrogens with zero attached hydrogens (tertiary/aromatic N) is 1. The summed E-state index contributed by atoms with van der Waals surface area (Å²) in [6.45, 7) is 4.00. The second-order valence-electron chi connectivity index (χ2n) is 3.25. The van der Waals surface area contributed by atoms with Gasteiger partial charge in [0.05, 0.1) is 10.5 Å². The van der Waals surface area contributed by atoms with Crippen LogP contribution in [0.25, 0.3) is 0 Å². The fourth-order valence-corrected chi connectivity index (χ4v) is 2.80. The standard InChI is InChI=1S/C9H15NO2S/c1-4-9(5-2)8(12)10(3)7(11)6-13-9/h4-6H2,1-3H3. The van der Waals surface area contributed by atoms with Crippen molar-refractivity contribution >= 4 is 23.6 Å². The summed E-state index contributed by atoms with van der Waals surface area (Å²) in [5.41, 5.74) is 0. The molecule has 0 unspecified atom stereocenters. The van der Waals surface area contributed by atoms with E-state index in [4.69, 9.17) is 0 Å². The van der Waals surface area contributed by atoms with Crippen LogP contribution in [-0.4, -0.2) is 34.3 Å². The van der Waals surface area contributed by atoms with Gasteiger partial charge < -0.3 is 0 Å². The lowest BCUT2D eigenvalue weighted by Gasteiger charge is -2.37. The maximum absolute atomic E-state index is 11.8. The highest BCUT2D eigenvalue weighted by Crippen LogP contribution is 2.37. The lowest BCUT2D eigenvalue weighted by Crippen LogP contribution is -2.52. The van der Waals surface area contributed by atoms with Crippen LogP contribution >= 0.6 is 11.8 Å². The lowest BCUT2D eigenvalue weighted by molar-refractivity contribution is -0.144. The largest absolute Gasteiger partial charge is 0.284 e. The molecule has 0 spiro atoms. The number of hydrogen-bond acceptors (Lipinski definition) is 3. The van der Waals surface area contributed by atoms with Gasteiger partial charge in [-0.3, -0.25) is 14.5 Å². The molecule has 0 aromatic carbocycles. The Morgan fingerprint density at radius 2 is 1.92 bits per heavy atom. The zero-order valence-electron chi connectivity index (χ0n) is 8.29. The van der Waals surface area contributed by atoms with E-state index in [1.54, 1.807) is 7.05 Å². The summed E-state index contributed by atoms with van der Waals surface area (Å²) in [5, 5.41) is 0. The third kappa shape index (κ3) is 1.59. The van der Waals surface area contributed by atoms with E-state index < -0.39 is 0 Å². The van der Waals surface area contributed by atoms with Gasteiger partial charge in [-0.05, 0) is 12.8 Å². The second kappa shape index (κ2) is 3.70. The first kappa shape index (κ1) is 10.6. The van der Waals surface area contributed by atoms with Crippen LogP contribution in [0, 0.1) is 0 Å². The van der Waals surface area contributed by atoms with Gasteiger partial charge in [-0.15, -0.1) is 11.8 Å². The number of rotatable bonds is 2. The first-order valence-corrected chi connectivity index (χ1v) is 5.51. The minimum Gasteiger partial charge on any atom is -0.284 e. The van der Waals surface area contributed by atoms with Crippen LogP contribution in [0.5, 0.6) is 0 Å². The van der Waals surface area contributed by atoms with Crippen molar-refractivity contribution in [2.75, 3.05) is 12.8 Å². The Morgan fingerprint density at radius 1 is 1.38 bits per heavy atom. The molecular weight excluding hydrogens is 186 g/mol.